The van der Waals surface area contributed by atoms with E-state index in [0.29, 0.717) is 59.5 Å². The molecule has 2 N–H and O–H groups in total. The quantitative estimate of drug-likeness (QED) is 0.468. The molecular weight excluding hydrogens is 442 g/mol. The van der Waals surface area contributed by atoms with Crippen LogP contribution in [0.25, 0.3) is 16.6 Å². The van der Waals surface area contributed by atoms with Crippen LogP contribution in [-0.4, -0.2) is 52.9 Å². The summed E-state index contributed by atoms with van der Waals surface area (Å²) in [6, 6.07) is 15.5. The molecule has 1 fully saturated rings. The van der Waals surface area contributed by atoms with Gasteiger partial charge in [-0.25, -0.2) is 12.9 Å². The third-order valence-corrected chi connectivity index (χ3v) is 8.04. The van der Waals surface area contributed by atoms with Gasteiger partial charge in [0, 0.05) is 19.6 Å². The molecular formula is C23H23N5O4S. The average molecular weight is 466 g/mol. The molecule has 0 unspecified atom stereocenters. The predicted molar refractivity (Wildman–Crippen MR) is 124 cm³/mol. The summed E-state index contributed by atoms with van der Waals surface area (Å²) in [5.74, 6) is -0.159. The number of aromatic amines is 1. The van der Waals surface area contributed by atoms with Crippen molar-refractivity contribution in [3.8, 4) is 0 Å². The van der Waals surface area contributed by atoms with Gasteiger partial charge < -0.3 is 10.3 Å². The van der Waals surface area contributed by atoms with Crippen molar-refractivity contribution in [2.75, 3.05) is 19.6 Å². The van der Waals surface area contributed by atoms with Crippen molar-refractivity contribution in [1.29, 1.82) is 0 Å². The molecule has 1 amide bonds. The first-order chi connectivity index (χ1) is 15.9. The Balaban J connectivity index is 1.25. The molecule has 3 heterocycles. The number of nitrogens with one attached hydrogen (secondary N) is 2. The summed E-state index contributed by atoms with van der Waals surface area (Å²) in [7, 11) is -3.50. The summed E-state index contributed by atoms with van der Waals surface area (Å²) < 4.78 is 28.6. The molecule has 1 aliphatic heterocycles. The minimum Gasteiger partial charge on any atom is -0.352 e. The molecule has 0 spiro atoms. The number of rotatable bonds is 5. The molecule has 1 saturated heterocycles. The van der Waals surface area contributed by atoms with Crippen LogP contribution in [0.3, 0.4) is 0 Å². The second kappa shape index (κ2) is 8.45. The van der Waals surface area contributed by atoms with Crippen molar-refractivity contribution in [3.63, 3.8) is 0 Å². The standard InChI is InChI=1S/C23H23N5O4S/c29-22(19-15-25-28-20-9-5-4-8-18(20)23(30)26-21(19)28)24-14-16-10-12-27(13-11-16)33(31,32)17-6-2-1-3-7-17/h1-9,15-16H,10-14H2,(H,24,29)(H,26,30). The van der Waals surface area contributed by atoms with E-state index in [9.17, 15) is 18.0 Å². The highest BCUT2D eigenvalue weighted by atomic mass is 32.2. The van der Waals surface area contributed by atoms with Crippen LogP contribution >= 0.6 is 0 Å². The third-order valence-electron chi connectivity index (χ3n) is 6.13. The van der Waals surface area contributed by atoms with Crippen molar-refractivity contribution < 1.29 is 13.2 Å². The lowest BCUT2D eigenvalue weighted by molar-refractivity contribution is 0.0943. The highest BCUT2D eigenvalue weighted by molar-refractivity contribution is 7.89. The summed E-state index contributed by atoms with van der Waals surface area (Å²) in [5.41, 5.74) is 0.990. The number of amides is 1. The molecule has 33 heavy (non-hydrogen) atoms. The zero-order valence-corrected chi connectivity index (χ0v) is 18.6. The molecule has 5 rings (SSSR count). The molecule has 4 aromatic rings. The van der Waals surface area contributed by atoms with Crippen LogP contribution in [0.1, 0.15) is 23.2 Å². The molecule has 0 radical (unpaired) electrons. The minimum absolute atomic E-state index is 0.165. The number of sulfonamides is 1. The fraction of sp³-hybridized carbons (Fsp3) is 0.261. The van der Waals surface area contributed by atoms with E-state index >= 15 is 0 Å². The third kappa shape index (κ3) is 3.91. The summed E-state index contributed by atoms with van der Waals surface area (Å²) in [4.78, 5) is 28.3. The van der Waals surface area contributed by atoms with Crippen LogP contribution in [0.2, 0.25) is 0 Å². The number of carbonyl (C=O) groups is 1. The zero-order valence-electron chi connectivity index (χ0n) is 17.8. The van der Waals surface area contributed by atoms with Gasteiger partial charge in [0.05, 0.1) is 22.0 Å². The van der Waals surface area contributed by atoms with Crippen molar-refractivity contribution >= 4 is 32.5 Å². The lowest BCUT2D eigenvalue weighted by Gasteiger charge is -2.31. The van der Waals surface area contributed by atoms with Crippen LogP contribution in [0.15, 0.2) is 70.5 Å². The Morgan fingerprint density at radius 3 is 2.52 bits per heavy atom. The number of para-hydroxylation sites is 1. The first-order valence-electron chi connectivity index (χ1n) is 10.8. The van der Waals surface area contributed by atoms with Crippen molar-refractivity contribution in [3.05, 3.63) is 76.7 Å². The van der Waals surface area contributed by atoms with Gasteiger partial charge in [-0.05, 0) is 43.0 Å². The van der Waals surface area contributed by atoms with E-state index in [1.807, 2.05) is 6.07 Å². The fourth-order valence-electron chi connectivity index (χ4n) is 4.27. The number of fused-ring (bicyclic) bond motifs is 3. The van der Waals surface area contributed by atoms with Crippen molar-refractivity contribution in [1.82, 2.24) is 24.2 Å². The topological polar surface area (TPSA) is 117 Å². The van der Waals surface area contributed by atoms with Gasteiger partial charge in [0.2, 0.25) is 10.0 Å². The van der Waals surface area contributed by atoms with Crippen LogP contribution in [0.4, 0.5) is 0 Å². The Morgan fingerprint density at radius 1 is 1.06 bits per heavy atom. The van der Waals surface area contributed by atoms with Gasteiger partial charge in [0.25, 0.3) is 11.5 Å². The number of hydrogen-bond donors (Lipinski definition) is 2. The molecule has 2 aromatic heterocycles. The maximum atomic E-state index is 12.8. The minimum atomic E-state index is -3.50. The van der Waals surface area contributed by atoms with E-state index in [1.165, 1.54) is 10.5 Å². The maximum absolute atomic E-state index is 12.8. The van der Waals surface area contributed by atoms with E-state index in [2.05, 4.69) is 15.4 Å². The largest absolute Gasteiger partial charge is 0.352 e. The Morgan fingerprint density at radius 2 is 1.76 bits per heavy atom. The number of H-pyrrole nitrogens is 1. The summed E-state index contributed by atoms with van der Waals surface area (Å²) in [5, 5.41) is 7.70. The molecule has 9 nitrogen and oxygen atoms in total. The fourth-order valence-corrected chi connectivity index (χ4v) is 5.76. The number of benzene rings is 2. The van der Waals surface area contributed by atoms with Crippen molar-refractivity contribution in [2.45, 2.75) is 17.7 Å². The Bertz CT molecular complexity index is 1490. The lowest BCUT2D eigenvalue weighted by Crippen LogP contribution is -2.41. The van der Waals surface area contributed by atoms with Crippen LogP contribution in [0, 0.1) is 5.92 Å². The van der Waals surface area contributed by atoms with Gasteiger partial charge in [-0.2, -0.15) is 9.40 Å². The van der Waals surface area contributed by atoms with Gasteiger partial charge in [0.15, 0.2) is 0 Å². The number of piperidine rings is 1. The Labute approximate surface area is 190 Å². The Hall–Kier alpha value is -3.50. The average Bonchev–Trinajstić information content (AvgIpc) is 3.27. The summed E-state index contributed by atoms with van der Waals surface area (Å²) >= 11 is 0. The van der Waals surface area contributed by atoms with E-state index in [4.69, 9.17) is 0 Å². The number of carbonyl (C=O) groups excluding carboxylic acids is 1. The first-order valence-corrected chi connectivity index (χ1v) is 12.2. The Kier molecular flexibility index (Phi) is 5.47. The molecule has 170 valence electrons. The maximum Gasteiger partial charge on any atom is 0.259 e. The SMILES string of the molecule is O=C(NCC1CCN(S(=O)(=O)c2ccccc2)CC1)c1cnn2c1[nH]c(=O)c1ccccc12. The van der Waals surface area contributed by atoms with Crippen LogP contribution in [0.5, 0.6) is 0 Å². The van der Waals surface area contributed by atoms with E-state index in [-0.39, 0.29) is 17.4 Å². The highest BCUT2D eigenvalue weighted by Gasteiger charge is 2.29. The van der Waals surface area contributed by atoms with E-state index in [1.54, 1.807) is 53.0 Å². The second-order valence-electron chi connectivity index (χ2n) is 8.16. The second-order valence-corrected chi connectivity index (χ2v) is 10.1. The predicted octanol–water partition coefficient (Wildman–Crippen LogP) is 2.01. The monoisotopic (exact) mass is 465 g/mol. The van der Waals surface area contributed by atoms with Gasteiger partial charge >= 0.3 is 0 Å². The van der Waals surface area contributed by atoms with Gasteiger partial charge in [-0.3, -0.25) is 9.59 Å². The van der Waals surface area contributed by atoms with E-state index in [0.717, 1.165) is 0 Å². The molecule has 0 atom stereocenters. The molecule has 0 bridgehead atoms. The van der Waals surface area contributed by atoms with Gasteiger partial charge in [-0.1, -0.05) is 30.3 Å². The highest BCUT2D eigenvalue weighted by Crippen LogP contribution is 2.23. The van der Waals surface area contributed by atoms with E-state index < -0.39 is 10.0 Å². The van der Waals surface area contributed by atoms with Gasteiger partial charge in [0.1, 0.15) is 11.2 Å². The number of aromatic nitrogens is 3. The van der Waals surface area contributed by atoms with Gasteiger partial charge in [-0.15, -0.1) is 0 Å². The lowest BCUT2D eigenvalue weighted by atomic mass is 9.98. The molecule has 0 saturated carbocycles. The summed E-state index contributed by atoms with van der Waals surface area (Å²) in [6.45, 7) is 1.24. The first kappa shape index (κ1) is 21.4. The normalized spacial score (nSPS) is 15.8. The molecule has 0 aliphatic carbocycles. The smallest absolute Gasteiger partial charge is 0.259 e. The number of nitrogens with zero attached hydrogens (tertiary/aromatic N) is 3. The summed E-state index contributed by atoms with van der Waals surface area (Å²) in [6.07, 6.45) is 2.76. The zero-order chi connectivity index (χ0) is 23.0. The van der Waals surface area contributed by atoms with Crippen LogP contribution in [-0.2, 0) is 10.0 Å². The van der Waals surface area contributed by atoms with Crippen LogP contribution < -0.4 is 10.9 Å². The van der Waals surface area contributed by atoms with Crippen molar-refractivity contribution in [2.24, 2.45) is 5.92 Å². The molecule has 10 heteroatoms. The number of hydrogen-bond acceptors (Lipinski definition) is 5. The molecule has 2 aromatic carbocycles. The molecule has 1 aliphatic rings.